The lowest BCUT2D eigenvalue weighted by Crippen LogP contribution is -2.54. The van der Waals surface area contributed by atoms with Gasteiger partial charge in [0.25, 0.3) is 10.0 Å². The van der Waals surface area contributed by atoms with Crippen molar-refractivity contribution in [3.8, 4) is 0 Å². The van der Waals surface area contributed by atoms with Gasteiger partial charge in [0.15, 0.2) is 0 Å². The van der Waals surface area contributed by atoms with Crippen LogP contribution in [0, 0.1) is 13.8 Å². The molecule has 1 unspecified atom stereocenters. The summed E-state index contributed by atoms with van der Waals surface area (Å²) in [5.41, 5.74) is 4.12. The minimum atomic E-state index is -4.11. The molecule has 1 N–H and O–H groups in total. The van der Waals surface area contributed by atoms with Gasteiger partial charge >= 0.3 is 0 Å². The van der Waals surface area contributed by atoms with Crippen molar-refractivity contribution >= 4 is 27.5 Å². The maximum atomic E-state index is 14.4. The van der Waals surface area contributed by atoms with E-state index in [0.717, 1.165) is 26.6 Å². The monoisotopic (exact) mass is 597 g/mol. The molecule has 0 saturated heterocycles. The second kappa shape index (κ2) is 14.2. The molecule has 2 amide bonds. The summed E-state index contributed by atoms with van der Waals surface area (Å²) in [6.07, 6.45) is 0.271. The van der Waals surface area contributed by atoms with Gasteiger partial charge < -0.3 is 10.2 Å². The first-order chi connectivity index (χ1) is 20.5. The van der Waals surface area contributed by atoms with Gasteiger partial charge in [-0.05, 0) is 63.1 Å². The van der Waals surface area contributed by atoms with Crippen LogP contribution in [0.4, 0.5) is 5.69 Å². The second-order valence-electron chi connectivity index (χ2n) is 11.0. The van der Waals surface area contributed by atoms with E-state index in [-0.39, 0.29) is 29.8 Å². The minimum Gasteiger partial charge on any atom is -0.352 e. The third-order valence-corrected chi connectivity index (χ3v) is 8.90. The molecule has 224 valence electrons. The van der Waals surface area contributed by atoms with E-state index in [2.05, 4.69) is 5.32 Å². The number of sulfonamides is 1. The van der Waals surface area contributed by atoms with Gasteiger partial charge in [-0.2, -0.15) is 0 Å². The predicted octanol–water partition coefficient (Wildman–Crippen LogP) is 5.66. The number of anilines is 1. The quantitative estimate of drug-likeness (QED) is 0.228. The van der Waals surface area contributed by atoms with E-state index in [1.165, 1.54) is 17.0 Å². The maximum Gasteiger partial charge on any atom is 0.264 e. The fourth-order valence-corrected chi connectivity index (χ4v) is 6.22. The van der Waals surface area contributed by atoms with E-state index >= 15 is 0 Å². The van der Waals surface area contributed by atoms with Crippen LogP contribution in [0.15, 0.2) is 114 Å². The first kappa shape index (κ1) is 31.5. The summed E-state index contributed by atoms with van der Waals surface area (Å²) >= 11 is 0. The van der Waals surface area contributed by atoms with Crippen molar-refractivity contribution in [2.75, 3.05) is 10.8 Å². The van der Waals surface area contributed by atoms with E-state index in [1.807, 2.05) is 94.4 Å². The molecular formula is C35H39N3O4S. The van der Waals surface area contributed by atoms with Crippen LogP contribution in [0.25, 0.3) is 0 Å². The van der Waals surface area contributed by atoms with Crippen LogP contribution in [0.5, 0.6) is 0 Å². The molecule has 0 aromatic heterocycles. The Bertz CT molecular complexity index is 1610. The summed E-state index contributed by atoms with van der Waals surface area (Å²) < 4.78 is 29.1. The fourth-order valence-electron chi connectivity index (χ4n) is 4.78. The van der Waals surface area contributed by atoms with Crippen molar-refractivity contribution < 1.29 is 18.0 Å². The lowest BCUT2D eigenvalue weighted by Gasteiger charge is -2.34. The highest BCUT2D eigenvalue weighted by atomic mass is 32.2. The normalized spacial score (nSPS) is 12.0. The van der Waals surface area contributed by atoms with Crippen molar-refractivity contribution in [1.29, 1.82) is 0 Å². The summed E-state index contributed by atoms with van der Waals surface area (Å²) in [4.78, 5) is 29.7. The molecule has 0 saturated carbocycles. The van der Waals surface area contributed by atoms with Gasteiger partial charge in [-0.1, -0.05) is 96.1 Å². The Hall–Kier alpha value is -4.43. The van der Waals surface area contributed by atoms with Gasteiger partial charge in [0, 0.05) is 19.0 Å². The molecule has 8 heteroatoms. The van der Waals surface area contributed by atoms with Crippen molar-refractivity contribution in [2.24, 2.45) is 0 Å². The summed E-state index contributed by atoms with van der Waals surface area (Å²) in [6, 6.07) is 31.3. The third kappa shape index (κ3) is 8.32. The number of aryl methyl sites for hydroxylation is 2. The van der Waals surface area contributed by atoms with Crippen molar-refractivity contribution in [2.45, 2.75) is 57.6 Å². The molecule has 43 heavy (non-hydrogen) atoms. The van der Waals surface area contributed by atoms with Gasteiger partial charge in [-0.3, -0.25) is 13.9 Å². The van der Waals surface area contributed by atoms with E-state index in [4.69, 9.17) is 0 Å². The van der Waals surface area contributed by atoms with Gasteiger partial charge in [-0.25, -0.2) is 8.42 Å². The molecular weight excluding hydrogens is 558 g/mol. The van der Waals surface area contributed by atoms with Crippen LogP contribution in [-0.2, 0) is 32.6 Å². The topological polar surface area (TPSA) is 86.8 Å². The molecule has 0 fully saturated rings. The molecule has 7 nitrogen and oxygen atoms in total. The van der Waals surface area contributed by atoms with E-state index in [1.54, 1.807) is 30.3 Å². The third-order valence-electron chi connectivity index (χ3n) is 7.11. The fraction of sp³-hybridized carbons (Fsp3) is 0.257. The Morgan fingerprint density at radius 2 is 1.26 bits per heavy atom. The number of hydrogen-bond acceptors (Lipinski definition) is 4. The SMILES string of the molecule is Cc1ccc(CN(C(=O)CN(c2ccc(C)cc2)S(=O)(=O)c2ccccc2)C(Cc2ccccc2)C(=O)NC(C)C)cc1. The van der Waals surface area contributed by atoms with Crippen molar-refractivity contribution in [3.63, 3.8) is 0 Å². The number of amides is 2. The van der Waals surface area contributed by atoms with E-state index in [0.29, 0.717) is 5.69 Å². The molecule has 4 aromatic rings. The molecule has 4 aromatic carbocycles. The molecule has 0 radical (unpaired) electrons. The Kier molecular flexibility index (Phi) is 10.4. The largest absolute Gasteiger partial charge is 0.352 e. The van der Waals surface area contributed by atoms with Crippen molar-refractivity contribution in [1.82, 2.24) is 10.2 Å². The summed E-state index contributed by atoms with van der Waals surface area (Å²) in [5, 5.41) is 2.98. The van der Waals surface area contributed by atoms with Gasteiger partial charge in [0.05, 0.1) is 10.6 Å². The lowest BCUT2D eigenvalue weighted by molar-refractivity contribution is -0.140. The zero-order valence-electron chi connectivity index (χ0n) is 25.1. The highest BCUT2D eigenvalue weighted by Crippen LogP contribution is 2.25. The minimum absolute atomic E-state index is 0.0758. The molecule has 0 aliphatic heterocycles. The zero-order chi connectivity index (χ0) is 31.0. The number of carbonyl (C=O) groups is 2. The van der Waals surface area contributed by atoms with Gasteiger partial charge in [0.1, 0.15) is 12.6 Å². The number of nitrogens with zero attached hydrogens (tertiary/aromatic N) is 2. The number of carbonyl (C=O) groups excluding carboxylic acids is 2. The number of benzene rings is 4. The molecule has 0 aliphatic carbocycles. The highest BCUT2D eigenvalue weighted by molar-refractivity contribution is 7.92. The molecule has 0 bridgehead atoms. The summed E-state index contributed by atoms with van der Waals surface area (Å²) in [5.74, 6) is -0.785. The van der Waals surface area contributed by atoms with E-state index < -0.39 is 28.5 Å². The Balaban J connectivity index is 1.79. The van der Waals surface area contributed by atoms with Crippen LogP contribution in [0.1, 0.15) is 36.1 Å². The van der Waals surface area contributed by atoms with Crippen LogP contribution >= 0.6 is 0 Å². The van der Waals surface area contributed by atoms with Crippen LogP contribution < -0.4 is 9.62 Å². The van der Waals surface area contributed by atoms with E-state index in [9.17, 15) is 18.0 Å². The first-order valence-corrected chi connectivity index (χ1v) is 15.8. The number of hydrogen-bond donors (Lipinski definition) is 1. The maximum absolute atomic E-state index is 14.4. The molecule has 0 aliphatic rings. The molecule has 0 spiro atoms. The Morgan fingerprint density at radius 3 is 1.81 bits per heavy atom. The van der Waals surface area contributed by atoms with Gasteiger partial charge in [0.2, 0.25) is 11.8 Å². The highest BCUT2D eigenvalue weighted by Gasteiger charge is 2.34. The predicted molar refractivity (Wildman–Crippen MR) is 171 cm³/mol. The van der Waals surface area contributed by atoms with Crippen molar-refractivity contribution in [3.05, 3.63) is 131 Å². The smallest absolute Gasteiger partial charge is 0.264 e. The zero-order valence-corrected chi connectivity index (χ0v) is 25.9. The Labute approximate surface area is 255 Å². The Morgan fingerprint density at radius 1 is 0.721 bits per heavy atom. The van der Waals surface area contributed by atoms with Crippen LogP contribution in [-0.4, -0.2) is 43.8 Å². The summed E-state index contributed by atoms with van der Waals surface area (Å²) in [7, 11) is -4.11. The standard InChI is InChI=1S/C35H39N3O4S/c1-26(2)36-35(40)33(23-29-11-7-5-8-12-29)37(24-30-19-15-27(3)16-20-30)34(39)25-38(31-21-17-28(4)18-22-31)43(41,42)32-13-9-6-10-14-32/h5-22,26,33H,23-25H2,1-4H3,(H,36,40). The average molecular weight is 598 g/mol. The first-order valence-electron chi connectivity index (χ1n) is 14.4. The van der Waals surface area contributed by atoms with Crippen LogP contribution in [0.3, 0.4) is 0 Å². The summed E-state index contributed by atoms with van der Waals surface area (Å²) in [6.45, 7) is 7.29. The van der Waals surface area contributed by atoms with Crippen LogP contribution in [0.2, 0.25) is 0 Å². The number of rotatable bonds is 12. The molecule has 1 atom stereocenters. The molecule has 4 rings (SSSR count). The van der Waals surface area contributed by atoms with Gasteiger partial charge in [-0.15, -0.1) is 0 Å². The molecule has 0 heterocycles. The second-order valence-corrected chi connectivity index (χ2v) is 12.9. The number of nitrogens with one attached hydrogen (secondary N) is 1. The average Bonchev–Trinajstić information content (AvgIpc) is 2.99. The lowest BCUT2D eigenvalue weighted by atomic mass is 10.0.